The number of hydrogen-bond donors (Lipinski definition) is 0. The Labute approximate surface area is 166 Å². The average molecular weight is 407 g/mol. The number of hydrogen-bond acceptors (Lipinski definition) is 4. The average Bonchev–Trinajstić information content (AvgIpc) is 3.18. The Hall–Kier alpha value is -1.43. The monoisotopic (exact) mass is 406 g/mol. The van der Waals surface area contributed by atoms with Crippen molar-refractivity contribution in [1.82, 2.24) is 0 Å². The van der Waals surface area contributed by atoms with Gasteiger partial charge in [-0.2, -0.15) is 10.5 Å². The fraction of sp³-hybridized carbons (Fsp3) is 0.263. The lowest BCUT2D eigenvalue weighted by Gasteiger charge is -2.13. The van der Waals surface area contributed by atoms with E-state index in [1.54, 1.807) is 0 Å². The normalized spacial score (nSPS) is 14.2. The van der Waals surface area contributed by atoms with Crippen LogP contribution in [0.2, 0.25) is 4.34 Å². The molecule has 0 fully saturated rings. The Balaban J connectivity index is 2.70. The summed E-state index contributed by atoms with van der Waals surface area (Å²) < 4.78 is 1.30. The van der Waals surface area contributed by atoms with E-state index in [4.69, 9.17) is 23.2 Å². The lowest BCUT2D eigenvalue weighted by atomic mass is 9.90. The molecule has 0 saturated heterocycles. The van der Waals surface area contributed by atoms with E-state index in [1.807, 2.05) is 37.5 Å². The number of thiophene rings is 1. The summed E-state index contributed by atoms with van der Waals surface area (Å²) in [4.78, 5) is 0.991. The van der Waals surface area contributed by atoms with Gasteiger partial charge in [0, 0.05) is 10.5 Å². The molecule has 1 aromatic rings. The Morgan fingerprint density at radius 3 is 2.48 bits per heavy atom. The van der Waals surface area contributed by atoms with Gasteiger partial charge in [-0.15, -0.1) is 23.1 Å². The highest BCUT2D eigenvalue weighted by atomic mass is 35.5. The number of thioether (sulfide) groups is 1. The van der Waals surface area contributed by atoms with Crippen molar-refractivity contribution in [3.63, 3.8) is 0 Å². The fourth-order valence-corrected chi connectivity index (χ4v) is 4.52. The van der Waals surface area contributed by atoms with Gasteiger partial charge in [-0.1, -0.05) is 29.8 Å². The Bertz CT molecular complexity index is 874. The largest absolute Gasteiger partial charge is 0.192 e. The number of aryl methyl sites for hydroxylation is 1. The molecule has 0 bridgehead atoms. The Morgan fingerprint density at radius 2 is 1.96 bits per heavy atom. The molecule has 0 unspecified atom stereocenters. The van der Waals surface area contributed by atoms with Gasteiger partial charge in [-0.3, -0.25) is 0 Å². The van der Waals surface area contributed by atoms with E-state index in [9.17, 15) is 10.5 Å². The van der Waals surface area contributed by atoms with Crippen LogP contribution in [0, 0.1) is 29.6 Å². The number of halogens is 2. The van der Waals surface area contributed by atoms with Gasteiger partial charge in [0.2, 0.25) is 0 Å². The van der Waals surface area contributed by atoms with Crippen LogP contribution >= 0.6 is 46.3 Å². The van der Waals surface area contributed by atoms with Crippen LogP contribution in [0.1, 0.15) is 29.7 Å². The van der Waals surface area contributed by atoms with Crippen molar-refractivity contribution < 1.29 is 0 Å². The third-order valence-corrected chi connectivity index (χ3v) is 6.28. The predicted molar refractivity (Wildman–Crippen MR) is 110 cm³/mol. The van der Waals surface area contributed by atoms with Gasteiger partial charge in [0.15, 0.2) is 0 Å². The third-order valence-electron chi connectivity index (χ3n) is 4.02. The second-order valence-corrected chi connectivity index (χ2v) is 8.85. The topological polar surface area (TPSA) is 47.6 Å². The first-order valence-electron chi connectivity index (χ1n) is 7.56. The molecule has 0 spiro atoms. The zero-order chi connectivity index (χ0) is 18.6. The summed E-state index contributed by atoms with van der Waals surface area (Å²) in [5.74, 6) is 0. The maximum atomic E-state index is 9.48. The van der Waals surface area contributed by atoms with Gasteiger partial charge in [-0.05, 0) is 66.9 Å². The first-order chi connectivity index (χ1) is 11.9. The van der Waals surface area contributed by atoms with E-state index in [0.29, 0.717) is 14.3 Å². The fourth-order valence-electron chi connectivity index (χ4n) is 2.94. The van der Waals surface area contributed by atoms with Crippen molar-refractivity contribution in [2.75, 3.05) is 6.26 Å². The molecule has 0 atom stereocenters. The first kappa shape index (κ1) is 19.9. The molecule has 2 rings (SSSR count). The summed E-state index contributed by atoms with van der Waals surface area (Å²) >= 11 is 15.2. The molecular weight excluding hydrogens is 391 g/mol. The molecule has 128 valence electrons. The Morgan fingerprint density at radius 1 is 1.32 bits per heavy atom. The van der Waals surface area contributed by atoms with E-state index in [2.05, 4.69) is 6.58 Å². The summed E-state index contributed by atoms with van der Waals surface area (Å²) in [5.41, 5.74) is 4.55. The minimum Gasteiger partial charge on any atom is -0.192 e. The molecule has 0 aliphatic heterocycles. The van der Waals surface area contributed by atoms with Gasteiger partial charge in [0.25, 0.3) is 0 Å². The SMILES string of the molecule is C=C(/C=C(/Cl)SC)C1=C(C(=C(C#N)C#N)c2cc(Cl)sc2C)CCC1. The quantitative estimate of drug-likeness (QED) is 0.390. The lowest BCUT2D eigenvalue weighted by Crippen LogP contribution is -1.96. The van der Waals surface area contributed by atoms with Crippen molar-refractivity contribution in [3.8, 4) is 12.1 Å². The van der Waals surface area contributed by atoms with E-state index in [0.717, 1.165) is 46.4 Å². The Kier molecular flexibility index (Phi) is 6.99. The second-order valence-electron chi connectivity index (χ2n) is 5.48. The highest BCUT2D eigenvalue weighted by Gasteiger charge is 2.25. The number of nitrogens with zero attached hydrogens (tertiary/aromatic N) is 2. The second kappa shape index (κ2) is 8.79. The van der Waals surface area contributed by atoms with E-state index >= 15 is 0 Å². The van der Waals surface area contributed by atoms with Crippen LogP contribution in [0.5, 0.6) is 0 Å². The summed E-state index contributed by atoms with van der Waals surface area (Å²) in [7, 11) is 0. The highest BCUT2D eigenvalue weighted by Crippen LogP contribution is 2.44. The minimum absolute atomic E-state index is 0.111. The molecule has 25 heavy (non-hydrogen) atoms. The van der Waals surface area contributed by atoms with E-state index in [-0.39, 0.29) is 5.57 Å². The molecule has 2 nitrogen and oxygen atoms in total. The highest BCUT2D eigenvalue weighted by molar-refractivity contribution is 8.03. The number of rotatable bonds is 5. The maximum absolute atomic E-state index is 9.48. The molecular formula is C19H16Cl2N2S2. The van der Waals surface area contributed by atoms with Gasteiger partial charge < -0.3 is 0 Å². The first-order valence-corrected chi connectivity index (χ1v) is 10.4. The van der Waals surface area contributed by atoms with Gasteiger partial charge in [-0.25, -0.2) is 0 Å². The summed E-state index contributed by atoms with van der Waals surface area (Å²) in [5, 5.41) is 19.0. The number of allylic oxidation sites excluding steroid dienone is 6. The van der Waals surface area contributed by atoms with Gasteiger partial charge in [0.05, 0.1) is 8.70 Å². The third kappa shape index (κ3) is 4.40. The molecule has 1 aromatic heterocycles. The smallest absolute Gasteiger partial charge is 0.137 e. The van der Waals surface area contributed by atoms with Gasteiger partial charge >= 0.3 is 0 Å². The standard InChI is InChI=1S/C19H16Cl2N2S2/c1-11(7-17(20)24-3)14-5-4-6-15(14)19(13(9-22)10-23)16-8-18(21)25-12(16)2/h7-8H,1,4-6H2,2-3H3/b17-7-. The lowest BCUT2D eigenvalue weighted by molar-refractivity contribution is 0.905. The molecule has 0 N–H and O–H groups in total. The molecule has 0 saturated carbocycles. The molecule has 1 aliphatic rings. The molecule has 1 heterocycles. The molecule has 6 heteroatoms. The van der Waals surface area contributed by atoms with Crippen LogP contribution in [-0.2, 0) is 0 Å². The molecule has 0 aromatic carbocycles. The number of nitriles is 2. The van der Waals surface area contributed by atoms with Crippen molar-refractivity contribution >= 4 is 51.9 Å². The maximum Gasteiger partial charge on any atom is 0.137 e. The van der Waals surface area contributed by atoms with Crippen LogP contribution in [0.15, 0.2) is 45.4 Å². The van der Waals surface area contributed by atoms with Crippen molar-refractivity contribution in [2.24, 2.45) is 0 Å². The molecule has 1 aliphatic carbocycles. The predicted octanol–water partition coefficient (Wildman–Crippen LogP) is 6.99. The van der Waals surface area contributed by atoms with E-state index < -0.39 is 0 Å². The van der Waals surface area contributed by atoms with Crippen LogP contribution in [-0.4, -0.2) is 6.26 Å². The zero-order valence-electron chi connectivity index (χ0n) is 13.9. The minimum atomic E-state index is 0.111. The zero-order valence-corrected chi connectivity index (χ0v) is 17.1. The van der Waals surface area contributed by atoms with E-state index in [1.165, 1.54) is 23.1 Å². The summed E-state index contributed by atoms with van der Waals surface area (Å²) in [6.07, 6.45) is 6.36. The van der Waals surface area contributed by atoms with Crippen LogP contribution in [0.25, 0.3) is 5.57 Å². The van der Waals surface area contributed by atoms with Crippen LogP contribution < -0.4 is 0 Å². The van der Waals surface area contributed by atoms with Crippen molar-refractivity contribution in [1.29, 1.82) is 10.5 Å². The van der Waals surface area contributed by atoms with Gasteiger partial charge in [0.1, 0.15) is 17.7 Å². The molecule has 0 amide bonds. The van der Waals surface area contributed by atoms with Crippen LogP contribution in [0.3, 0.4) is 0 Å². The molecule has 0 radical (unpaired) electrons. The van der Waals surface area contributed by atoms with Crippen molar-refractivity contribution in [3.05, 3.63) is 60.2 Å². The summed E-state index contributed by atoms with van der Waals surface area (Å²) in [6.45, 7) is 6.10. The summed E-state index contributed by atoms with van der Waals surface area (Å²) in [6, 6.07) is 5.93. The van der Waals surface area contributed by atoms with Crippen molar-refractivity contribution in [2.45, 2.75) is 26.2 Å². The van der Waals surface area contributed by atoms with Crippen LogP contribution in [0.4, 0.5) is 0 Å².